The van der Waals surface area contributed by atoms with Gasteiger partial charge in [-0.2, -0.15) is 0 Å². The first-order valence-corrected chi connectivity index (χ1v) is 11.9. The van der Waals surface area contributed by atoms with Crippen molar-refractivity contribution in [2.75, 3.05) is 13.3 Å². The zero-order valence-corrected chi connectivity index (χ0v) is 18.8. The highest BCUT2D eigenvalue weighted by atomic mass is 32.2. The third-order valence-electron chi connectivity index (χ3n) is 5.49. The number of ether oxygens (including phenoxy) is 2. The summed E-state index contributed by atoms with van der Waals surface area (Å²) in [5, 5.41) is 2.97. The lowest BCUT2D eigenvalue weighted by Gasteiger charge is -2.26. The van der Waals surface area contributed by atoms with Crippen LogP contribution in [0.4, 0.5) is 0 Å². The highest BCUT2D eigenvalue weighted by Crippen LogP contribution is 2.36. The molecule has 0 aliphatic carbocycles. The summed E-state index contributed by atoms with van der Waals surface area (Å²) < 4.78 is 36.1. The van der Waals surface area contributed by atoms with Crippen molar-refractivity contribution >= 4 is 15.7 Å². The van der Waals surface area contributed by atoms with Crippen LogP contribution in [0.1, 0.15) is 35.3 Å². The standard InChI is InChI=1S/C25H25NO5S/c1-25(2,20-11-12-22-23(14-20)31-17-30-22)16-26-24(27)19-8-6-7-18(13-19)15-32(28,29)21-9-4-3-5-10-21/h3-14H,15-17H2,1-2H3,(H,26,27). The minimum Gasteiger partial charge on any atom is -0.454 e. The summed E-state index contributed by atoms with van der Waals surface area (Å²) in [4.78, 5) is 13.1. The molecule has 3 aromatic rings. The van der Waals surface area contributed by atoms with Crippen LogP contribution in [0.2, 0.25) is 0 Å². The molecule has 1 N–H and O–H groups in total. The van der Waals surface area contributed by atoms with E-state index in [0.717, 1.165) is 11.3 Å². The topological polar surface area (TPSA) is 81.7 Å². The Bertz CT molecular complexity index is 1240. The number of rotatable bonds is 7. The van der Waals surface area contributed by atoms with Gasteiger partial charge in [-0.05, 0) is 47.5 Å². The van der Waals surface area contributed by atoms with E-state index in [1.54, 1.807) is 54.6 Å². The fourth-order valence-corrected chi connectivity index (χ4v) is 4.91. The molecular weight excluding hydrogens is 426 g/mol. The quantitative estimate of drug-likeness (QED) is 0.585. The highest BCUT2D eigenvalue weighted by molar-refractivity contribution is 7.90. The number of carbonyl (C=O) groups excluding carboxylic acids is 1. The van der Waals surface area contributed by atoms with Crippen LogP contribution in [0.15, 0.2) is 77.7 Å². The van der Waals surface area contributed by atoms with Gasteiger partial charge in [0.25, 0.3) is 5.91 Å². The largest absolute Gasteiger partial charge is 0.454 e. The monoisotopic (exact) mass is 451 g/mol. The molecule has 7 heteroatoms. The number of amides is 1. The van der Waals surface area contributed by atoms with Crippen LogP contribution in [0.5, 0.6) is 11.5 Å². The van der Waals surface area contributed by atoms with Crippen molar-refractivity contribution in [3.63, 3.8) is 0 Å². The van der Waals surface area contributed by atoms with Crippen molar-refractivity contribution in [1.82, 2.24) is 5.32 Å². The molecule has 6 nitrogen and oxygen atoms in total. The average Bonchev–Trinajstić information content (AvgIpc) is 3.26. The van der Waals surface area contributed by atoms with Gasteiger partial charge in [-0.25, -0.2) is 8.42 Å². The van der Waals surface area contributed by atoms with E-state index >= 15 is 0 Å². The van der Waals surface area contributed by atoms with E-state index in [2.05, 4.69) is 5.32 Å². The minimum absolute atomic E-state index is 0.166. The number of carbonyl (C=O) groups is 1. The number of sulfone groups is 1. The van der Waals surface area contributed by atoms with Gasteiger partial charge in [-0.15, -0.1) is 0 Å². The summed E-state index contributed by atoms with van der Waals surface area (Å²) in [6.45, 7) is 4.69. The predicted molar refractivity (Wildman–Crippen MR) is 122 cm³/mol. The van der Waals surface area contributed by atoms with Crippen LogP contribution >= 0.6 is 0 Å². The molecule has 4 rings (SSSR count). The van der Waals surface area contributed by atoms with Crippen LogP contribution in [0.25, 0.3) is 0 Å². The van der Waals surface area contributed by atoms with E-state index in [4.69, 9.17) is 9.47 Å². The summed E-state index contributed by atoms with van der Waals surface area (Å²) in [6.07, 6.45) is 0. The zero-order valence-electron chi connectivity index (χ0n) is 18.0. The van der Waals surface area contributed by atoms with Gasteiger partial charge in [0.1, 0.15) is 0 Å². The molecule has 0 spiro atoms. The second-order valence-corrected chi connectivity index (χ2v) is 10.4. The third kappa shape index (κ3) is 4.78. The van der Waals surface area contributed by atoms with Crippen LogP contribution in [-0.4, -0.2) is 27.7 Å². The van der Waals surface area contributed by atoms with E-state index in [-0.39, 0.29) is 28.8 Å². The van der Waals surface area contributed by atoms with Crippen molar-refractivity contribution in [2.24, 2.45) is 0 Å². The summed E-state index contributed by atoms with van der Waals surface area (Å²) in [5.41, 5.74) is 1.67. The number of benzene rings is 3. The zero-order chi connectivity index (χ0) is 22.8. The van der Waals surface area contributed by atoms with Crippen molar-refractivity contribution in [3.05, 3.63) is 89.5 Å². The molecule has 0 saturated carbocycles. The van der Waals surface area contributed by atoms with E-state index in [1.807, 2.05) is 32.0 Å². The van der Waals surface area contributed by atoms with Gasteiger partial charge in [0.05, 0.1) is 10.6 Å². The van der Waals surface area contributed by atoms with Crippen LogP contribution in [0, 0.1) is 0 Å². The summed E-state index contributed by atoms with van der Waals surface area (Å²) in [5.74, 6) is 1.00. The molecule has 0 atom stereocenters. The number of nitrogens with one attached hydrogen (secondary N) is 1. The molecule has 0 aromatic heterocycles. The second-order valence-electron chi connectivity index (χ2n) is 8.41. The van der Waals surface area contributed by atoms with Crippen molar-refractivity contribution in [3.8, 4) is 11.5 Å². The first-order valence-electron chi connectivity index (χ1n) is 10.3. The number of hydrogen-bond acceptors (Lipinski definition) is 5. The summed E-state index contributed by atoms with van der Waals surface area (Å²) in [7, 11) is -3.49. The predicted octanol–water partition coefficient (Wildman–Crippen LogP) is 4.10. The Morgan fingerprint density at radius 3 is 2.47 bits per heavy atom. The molecule has 0 fully saturated rings. The molecule has 3 aromatic carbocycles. The first kappa shape index (κ1) is 21.9. The molecule has 0 unspecified atom stereocenters. The molecule has 1 aliphatic heterocycles. The average molecular weight is 452 g/mol. The SMILES string of the molecule is CC(C)(CNC(=O)c1cccc(CS(=O)(=O)c2ccccc2)c1)c1ccc2c(c1)OCO2. The molecule has 0 radical (unpaired) electrons. The Hall–Kier alpha value is -3.32. The molecule has 32 heavy (non-hydrogen) atoms. The maximum atomic E-state index is 12.8. The van der Waals surface area contributed by atoms with Crippen LogP contribution < -0.4 is 14.8 Å². The Balaban J connectivity index is 1.44. The fraction of sp³-hybridized carbons (Fsp3) is 0.240. The Morgan fingerprint density at radius 1 is 0.938 bits per heavy atom. The first-order chi connectivity index (χ1) is 15.2. The normalized spacial score (nSPS) is 13.1. The van der Waals surface area contributed by atoms with E-state index in [9.17, 15) is 13.2 Å². The number of fused-ring (bicyclic) bond motifs is 1. The van der Waals surface area contributed by atoms with Crippen molar-refractivity contribution in [1.29, 1.82) is 0 Å². The summed E-state index contributed by atoms with van der Waals surface area (Å²) in [6, 6.07) is 20.8. The number of hydrogen-bond donors (Lipinski definition) is 1. The van der Waals surface area contributed by atoms with Crippen molar-refractivity contribution < 1.29 is 22.7 Å². The van der Waals surface area contributed by atoms with Crippen LogP contribution in [-0.2, 0) is 21.0 Å². The maximum absolute atomic E-state index is 12.8. The van der Waals surface area contributed by atoms with Gasteiger partial charge < -0.3 is 14.8 Å². The Kier molecular flexibility index (Phi) is 5.93. The molecule has 0 bridgehead atoms. The van der Waals surface area contributed by atoms with Crippen LogP contribution in [0.3, 0.4) is 0 Å². The van der Waals surface area contributed by atoms with Gasteiger partial charge in [0, 0.05) is 17.5 Å². The lowest BCUT2D eigenvalue weighted by Crippen LogP contribution is -2.36. The molecule has 1 amide bonds. The van der Waals surface area contributed by atoms with Gasteiger partial charge in [0.15, 0.2) is 21.3 Å². The fourth-order valence-electron chi connectivity index (χ4n) is 3.56. The van der Waals surface area contributed by atoms with Gasteiger partial charge in [-0.1, -0.05) is 50.2 Å². The van der Waals surface area contributed by atoms with Crippen molar-refractivity contribution in [2.45, 2.75) is 29.9 Å². The summed E-state index contributed by atoms with van der Waals surface area (Å²) >= 11 is 0. The van der Waals surface area contributed by atoms with Gasteiger partial charge in [0.2, 0.25) is 6.79 Å². The Morgan fingerprint density at radius 2 is 1.69 bits per heavy atom. The highest BCUT2D eigenvalue weighted by Gasteiger charge is 2.25. The molecular formula is C25H25NO5S. The van der Waals surface area contributed by atoms with E-state index in [0.29, 0.717) is 23.4 Å². The lowest BCUT2D eigenvalue weighted by atomic mass is 9.84. The molecule has 1 heterocycles. The van der Waals surface area contributed by atoms with Gasteiger partial charge >= 0.3 is 0 Å². The molecule has 0 saturated heterocycles. The van der Waals surface area contributed by atoms with E-state index in [1.165, 1.54) is 0 Å². The maximum Gasteiger partial charge on any atom is 0.251 e. The van der Waals surface area contributed by atoms with Gasteiger partial charge in [-0.3, -0.25) is 4.79 Å². The molecule has 1 aliphatic rings. The van der Waals surface area contributed by atoms with E-state index < -0.39 is 9.84 Å². The second kappa shape index (κ2) is 8.67. The smallest absolute Gasteiger partial charge is 0.251 e. The minimum atomic E-state index is -3.49. The lowest BCUT2D eigenvalue weighted by molar-refractivity contribution is 0.0945. The third-order valence-corrected chi connectivity index (χ3v) is 7.20. The Labute approximate surface area is 188 Å². The molecule has 166 valence electrons.